The van der Waals surface area contributed by atoms with Gasteiger partial charge in [0.2, 0.25) is 0 Å². The Morgan fingerprint density at radius 3 is 2.03 bits per heavy atom. The monoisotopic (exact) mass is 429 g/mol. The van der Waals surface area contributed by atoms with Gasteiger partial charge < -0.3 is 0 Å². The summed E-state index contributed by atoms with van der Waals surface area (Å²) in [5.74, 6) is 0. The fraction of sp³-hybridized carbons (Fsp3) is 0. The van der Waals surface area contributed by atoms with Crippen molar-refractivity contribution in [2.45, 2.75) is 0 Å². The zero-order valence-corrected chi connectivity index (χ0v) is 17.6. The van der Waals surface area contributed by atoms with Gasteiger partial charge in [0, 0.05) is 31.1 Å². The summed E-state index contributed by atoms with van der Waals surface area (Å²) in [6.45, 7) is 0. The first-order valence-corrected chi connectivity index (χ1v) is 11.3. The first-order valence-electron chi connectivity index (χ1n) is 10.5. The van der Waals surface area contributed by atoms with Gasteiger partial charge >= 0.3 is 0 Å². The summed E-state index contributed by atoms with van der Waals surface area (Å²) in [4.78, 5) is 12.2. The Balaban J connectivity index is 1.66. The number of rotatable bonds is 2. The van der Waals surface area contributed by atoms with Crippen LogP contribution in [-0.4, -0.2) is 4.92 Å². The molecule has 0 aliphatic heterocycles. The number of benzene rings is 5. The molecule has 0 fully saturated rings. The maximum Gasteiger partial charge on any atom is 0.285 e. The summed E-state index contributed by atoms with van der Waals surface area (Å²) in [6.07, 6.45) is 0. The Labute approximate surface area is 187 Å². The summed E-state index contributed by atoms with van der Waals surface area (Å²) < 4.78 is 2.28. The molecular weight excluding hydrogens is 414 g/mol. The van der Waals surface area contributed by atoms with Gasteiger partial charge in [-0.2, -0.15) is 0 Å². The highest BCUT2D eigenvalue weighted by atomic mass is 32.1. The van der Waals surface area contributed by atoms with Gasteiger partial charge in [-0.3, -0.25) is 10.1 Å². The lowest BCUT2D eigenvalue weighted by Gasteiger charge is -2.11. The van der Waals surface area contributed by atoms with Gasteiger partial charge in [0.05, 0.1) is 15.9 Å². The third-order valence-corrected chi connectivity index (χ3v) is 7.74. The van der Waals surface area contributed by atoms with Crippen LogP contribution in [0.15, 0.2) is 91.0 Å². The van der Waals surface area contributed by atoms with E-state index in [0.29, 0.717) is 10.9 Å². The van der Waals surface area contributed by atoms with E-state index in [1.165, 1.54) is 10.1 Å². The molecule has 0 bridgehead atoms. The van der Waals surface area contributed by atoms with Gasteiger partial charge in [0.25, 0.3) is 5.69 Å². The van der Waals surface area contributed by atoms with Crippen LogP contribution in [0.4, 0.5) is 5.69 Å². The molecule has 0 amide bonds. The predicted octanol–water partition coefficient (Wildman–Crippen LogP) is 8.43. The zero-order valence-electron chi connectivity index (χ0n) is 16.8. The molecular formula is C28H15NO2S. The van der Waals surface area contributed by atoms with Crippen LogP contribution in [-0.2, 0) is 0 Å². The third kappa shape index (κ3) is 2.19. The van der Waals surface area contributed by atoms with Crippen LogP contribution in [0.1, 0.15) is 0 Å². The van der Waals surface area contributed by atoms with E-state index in [1.54, 1.807) is 11.3 Å². The van der Waals surface area contributed by atoms with E-state index >= 15 is 0 Å². The number of fused-ring (bicyclic) bond motifs is 6. The Morgan fingerprint density at radius 1 is 0.594 bits per heavy atom. The number of nitro groups is 1. The Kier molecular flexibility index (Phi) is 3.45. The highest BCUT2D eigenvalue weighted by molar-refractivity contribution is 7.26. The number of nitro benzene ring substituents is 1. The lowest BCUT2D eigenvalue weighted by molar-refractivity contribution is -0.382. The average molecular weight is 430 g/mol. The summed E-state index contributed by atoms with van der Waals surface area (Å²) in [5, 5.41) is 16.5. The lowest BCUT2D eigenvalue weighted by Crippen LogP contribution is -1.95. The minimum Gasteiger partial charge on any atom is -0.258 e. The van der Waals surface area contributed by atoms with Crippen LogP contribution in [0.2, 0.25) is 0 Å². The van der Waals surface area contributed by atoms with E-state index in [4.69, 9.17) is 0 Å². The Hall–Kier alpha value is -4.02. The molecule has 0 saturated carbocycles. The molecule has 32 heavy (non-hydrogen) atoms. The second-order valence-electron chi connectivity index (χ2n) is 8.13. The van der Waals surface area contributed by atoms with E-state index in [0.717, 1.165) is 43.3 Å². The average Bonchev–Trinajstić information content (AvgIpc) is 3.36. The molecule has 0 spiro atoms. The standard InChI is InChI=1S/C28H15NO2S/c30-29(31)27-22-13-5-10-19-16-7-1-2-8-17(16)23(26(19)22)15-24(27)21-12-6-11-20-18-9-3-4-14-25(18)32-28(20)21/h1-15H. The van der Waals surface area contributed by atoms with Gasteiger partial charge in [0.1, 0.15) is 0 Å². The highest BCUT2D eigenvalue weighted by Crippen LogP contribution is 2.53. The summed E-state index contributed by atoms with van der Waals surface area (Å²) in [7, 11) is 0. The van der Waals surface area contributed by atoms with Gasteiger partial charge in [-0.1, -0.05) is 72.8 Å². The fourth-order valence-corrected chi connectivity index (χ4v) is 6.45. The molecule has 1 aromatic heterocycles. The largest absolute Gasteiger partial charge is 0.285 e. The second-order valence-corrected chi connectivity index (χ2v) is 9.18. The molecule has 0 saturated heterocycles. The van der Waals surface area contributed by atoms with E-state index < -0.39 is 0 Å². The van der Waals surface area contributed by atoms with E-state index in [9.17, 15) is 10.1 Å². The molecule has 0 N–H and O–H groups in total. The summed E-state index contributed by atoms with van der Waals surface area (Å²) in [5.41, 5.74) is 6.21. The zero-order chi connectivity index (χ0) is 21.4. The fourth-order valence-electron chi connectivity index (χ4n) is 5.22. The van der Waals surface area contributed by atoms with Crippen molar-refractivity contribution in [1.29, 1.82) is 0 Å². The van der Waals surface area contributed by atoms with Gasteiger partial charge in [0.15, 0.2) is 0 Å². The first kappa shape index (κ1) is 17.6. The first-order chi connectivity index (χ1) is 15.7. The van der Waals surface area contributed by atoms with Crippen molar-refractivity contribution in [2.24, 2.45) is 0 Å². The van der Waals surface area contributed by atoms with Crippen molar-refractivity contribution in [3.8, 4) is 33.4 Å². The quantitative estimate of drug-likeness (QED) is 0.204. The van der Waals surface area contributed by atoms with Gasteiger partial charge in [-0.05, 0) is 40.5 Å². The lowest BCUT2D eigenvalue weighted by atomic mass is 9.93. The molecule has 4 heteroatoms. The molecule has 7 rings (SSSR count). The number of hydrogen-bond donors (Lipinski definition) is 0. The van der Waals surface area contributed by atoms with Gasteiger partial charge in [-0.15, -0.1) is 11.3 Å². The number of thiophene rings is 1. The van der Waals surface area contributed by atoms with Crippen LogP contribution in [0.5, 0.6) is 0 Å². The Morgan fingerprint density at radius 2 is 1.22 bits per heavy atom. The predicted molar refractivity (Wildman–Crippen MR) is 133 cm³/mol. The van der Waals surface area contributed by atoms with Gasteiger partial charge in [-0.25, -0.2) is 0 Å². The van der Waals surface area contributed by atoms with Crippen LogP contribution < -0.4 is 0 Å². The molecule has 150 valence electrons. The van der Waals surface area contributed by atoms with Crippen LogP contribution in [0.25, 0.3) is 64.3 Å². The normalized spacial score (nSPS) is 12.0. The van der Waals surface area contributed by atoms with E-state index in [2.05, 4.69) is 36.4 Å². The minimum atomic E-state index is -0.215. The van der Waals surface area contributed by atoms with Crippen LogP contribution in [0.3, 0.4) is 0 Å². The van der Waals surface area contributed by atoms with Crippen molar-refractivity contribution in [1.82, 2.24) is 0 Å². The molecule has 0 unspecified atom stereocenters. The van der Waals surface area contributed by atoms with Crippen molar-refractivity contribution >= 4 is 48.0 Å². The maximum absolute atomic E-state index is 12.4. The van der Waals surface area contributed by atoms with Crippen LogP contribution >= 0.6 is 11.3 Å². The molecule has 0 atom stereocenters. The maximum atomic E-state index is 12.4. The second kappa shape index (κ2) is 6.25. The molecule has 1 heterocycles. The topological polar surface area (TPSA) is 43.1 Å². The smallest absolute Gasteiger partial charge is 0.258 e. The summed E-state index contributed by atoms with van der Waals surface area (Å²) >= 11 is 1.70. The highest BCUT2D eigenvalue weighted by Gasteiger charge is 2.29. The third-order valence-electron chi connectivity index (χ3n) is 6.52. The van der Waals surface area contributed by atoms with Crippen molar-refractivity contribution in [3.63, 3.8) is 0 Å². The van der Waals surface area contributed by atoms with Crippen LogP contribution in [0, 0.1) is 10.1 Å². The van der Waals surface area contributed by atoms with Crippen molar-refractivity contribution in [3.05, 3.63) is 101 Å². The molecule has 5 aromatic carbocycles. The number of nitrogens with zero attached hydrogens (tertiary/aromatic N) is 1. The summed E-state index contributed by atoms with van der Waals surface area (Å²) in [6, 6.07) is 30.6. The van der Waals surface area contributed by atoms with Crippen molar-refractivity contribution < 1.29 is 4.92 Å². The van der Waals surface area contributed by atoms with E-state index in [-0.39, 0.29) is 10.6 Å². The molecule has 3 nitrogen and oxygen atoms in total. The molecule has 1 aliphatic carbocycles. The number of hydrogen-bond acceptors (Lipinski definition) is 3. The SMILES string of the molecule is O=[N+]([O-])c1c(-c2cccc3c2sc2ccccc23)cc2c3c(cccc13)-c1ccccc1-2. The minimum absolute atomic E-state index is 0.184. The molecule has 1 aliphatic rings. The molecule has 0 radical (unpaired) electrons. The van der Waals surface area contributed by atoms with Crippen molar-refractivity contribution in [2.75, 3.05) is 0 Å². The molecule has 6 aromatic rings. The Bertz CT molecular complexity index is 1760. The van der Waals surface area contributed by atoms with E-state index in [1.807, 2.05) is 54.6 Å².